The predicted molar refractivity (Wildman–Crippen MR) is 87.3 cm³/mol. The van der Waals surface area contributed by atoms with E-state index in [1.807, 2.05) is 6.07 Å². The summed E-state index contributed by atoms with van der Waals surface area (Å²) in [4.78, 5) is 0. The van der Waals surface area contributed by atoms with Crippen LogP contribution in [0.2, 0.25) is 0 Å². The van der Waals surface area contributed by atoms with Gasteiger partial charge in [0.2, 0.25) is 0 Å². The number of ether oxygens (including phenoxy) is 1. The molecule has 1 N–H and O–H groups in total. The lowest BCUT2D eigenvalue weighted by Crippen LogP contribution is -2.23. The van der Waals surface area contributed by atoms with Crippen LogP contribution in [0.15, 0.2) is 24.3 Å². The molecule has 2 unspecified atom stereocenters. The number of rotatable bonds is 9. The molecule has 2 heteroatoms. The zero-order valence-corrected chi connectivity index (χ0v) is 13.8. The van der Waals surface area contributed by atoms with Crippen LogP contribution in [0.5, 0.6) is 5.75 Å². The SMILES string of the molecule is CCCC(C)CC(NCC)c1cccc(OC(C)C)c1. The summed E-state index contributed by atoms with van der Waals surface area (Å²) in [7, 11) is 0. The third kappa shape index (κ3) is 5.96. The van der Waals surface area contributed by atoms with Gasteiger partial charge in [0.05, 0.1) is 6.10 Å². The van der Waals surface area contributed by atoms with Crippen LogP contribution in [-0.2, 0) is 0 Å². The summed E-state index contributed by atoms with van der Waals surface area (Å²) < 4.78 is 5.81. The molecule has 1 aromatic carbocycles. The molecule has 0 radical (unpaired) electrons. The summed E-state index contributed by atoms with van der Waals surface area (Å²) >= 11 is 0. The molecule has 0 saturated carbocycles. The molecule has 2 nitrogen and oxygen atoms in total. The first-order valence-corrected chi connectivity index (χ1v) is 8.06. The van der Waals surface area contributed by atoms with Crippen molar-refractivity contribution in [1.29, 1.82) is 0 Å². The summed E-state index contributed by atoms with van der Waals surface area (Å²) in [5.41, 5.74) is 1.34. The van der Waals surface area contributed by atoms with Crippen LogP contribution in [0.4, 0.5) is 0 Å². The lowest BCUT2D eigenvalue weighted by molar-refractivity contribution is 0.242. The molecule has 0 saturated heterocycles. The first-order chi connectivity index (χ1) is 9.56. The predicted octanol–water partition coefficient (Wildman–Crippen LogP) is 4.95. The molecule has 1 aromatic rings. The Balaban J connectivity index is 2.79. The van der Waals surface area contributed by atoms with Gasteiger partial charge in [-0.15, -0.1) is 0 Å². The van der Waals surface area contributed by atoms with Crippen molar-refractivity contribution >= 4 is 0 Å². The summed E-state index contributed by atoms with van der Waals surface area (Å²) in [6.45, 7) is 11.9. The lowest BCUT2D eigenvalue weighted by atomic mass is 9.93. The van der Waals surface area contributed by atoms with E-state index < -0.39 is 0 Å². The van der Waals surface area contributed by atoms with Crippen LogP contribution in [0.3, 0.4) is 0 Å². The van der Waals surface area contributed by atoms with Crippen molar-refractivity contribution in [2.75, 3.05) is 6.54 Å². The van der Waals surface area contributed by atoms with Crippen molar-refractivity contribution in [2.45, 2.75) is 66.0 Å². The third-order valence-electron chi connectivity index (χ3n) is 3.50. The lowest BCUT2D eigenvalue weighted by Gasteiger charge is -2.23. The van der Waals surface area contributed by atoms with Crippen molar-refractivity contribution in [3.63, 3.8) is 0 Å². The Morgan fingerprint density at radius 2 is 1.90 bits per heavy atom. The number of nitrogens with one attached hydrogen (secondary N) is 1. The van der Waals surface area contributed by atoms with E-state index in [0.717, 1.165) is 18.2 Å². The fourth-order valence-corrected chi connectivity index (χ4v) is 2.67. The minimum Gasteiger partial charge on any atom is -0.491 e. The minimum atomic E-state index is 0.224. The van der Waals surface area contributed by atoms with Gasteiger partial charge in [-0.2, -0.15) is 0 Å². The van der Waals surface area contributed by atoms with Crippen LogP contribution in [0.1, 0.15) is 65.5 Å². The van der Waals surface area contributed by atoms with Crippen LogP contribution >= 0.6 is 0 Å². The van der Waals surface area contributed by atoms with E-state index in [4.69, 9.17) is 4.74 Å². The highest BCUT2D eigenvalue weighted by Gasteiger charge is 2.14. The Labute approximate surface area is 124 Å². The van der Waals surface area contributed by atoms with Crippen LogP contribution < -0.4 is 10.1 Å². The monoisotopic (exact) mass is 277 g/mol. The van der Waals surface area contributed by atoms with Gasteiger partial charge < -0.3 is 10.1 Å². The summed E-state index contributed by atoms with van der Waals surface area (Å²) in [5, 5.41) is 3.61. The second-order valence-corrected chi connectivity index (χ2v) is 5.98. The fraction of sp³-hybridized carbons (Fsp3) is 0.667. The number of benzene rings is 1. The average molecular weight is 277 g/mol. The normalized spacial score (nSPS) is 14.3. The highest BCUT2D eigenvalue weighted by Crippen LogP contribution is 2.26. The van der Waals surface area contributed by atoms with Crippen molar-refractivity contribution in [1.82, 2.24) is 5.32 Å². The molecule has 0 aliphatic rings. The highest BCUT2D eigenvalue weighted by molar-refractivity contribution is 5.30. The van der Waals surface area contributed by atoms with Gasteiger partial charge in [-0.1, -0.05) is 45.7 Å². The van der Waals surface area contributed by atoms with Crippen molar-refractivity contribution < 1.29 is 4.74 Å². The molecular weight excluding hydrogens is 246 g/mol. The second kappa shape index (κ2) is 9.02. The van der Waals surface area contributed by atoms with E-state index in [0.29, 0.717) is 6.04 Å². The molecule has 0 aliphatic heterocycles. The van der Waals surface area contributed by atoms with Gasteiger partial charge in [0.1, 0.15) is 5.75 Å². The average Bonchev–Trinajstić information content (AvgIpc) is 2.38. The van der Waals surface area contributed by atoms with Gasteiger partial charge in [-0.3, -0.25) is 0 Å². The van der Waals surface area contributed by atoms with E-state index in [1.54, 1.807) is 0 Å². The molecule has 0 heterocycles. The Bertz CT molecular complexity index is 375. The quantitative estimate of drug-likeness (QED) is 0.689. The Hall–Kier alpha value is -1.02. The maximum Gasteiger partial charge on any atom is 0.120 e. The van der Waals surface area contributed by atoms with Crippen LogP contribution in [0, 0.1) is 5.92 Å². The molecular formula is C18H31NO. The zero-order valence-electron chi connectivity index (χ0n) is 13.8. The topological polar surface area (TPSA) is 21.3 Å². The minimum absolute atomic E-state index is 0.224. The summed E-state index contributed by atoms with van der Waals surface area (Å²) in [5.74, 6) is 1.72. The largest absolute Gasteiger partial charge is 0.491 e. The van der Waals surface area contributed by atoms with E-state index >= 15 is 0 Å². The standard InChI is InChI=1S/C18H31NO/c1-6-9-15(5)12-18(19-7-2)16-10-8-11-17(13-16)20-14(3)4/h8,10-11,13-15,18-19H,6-7,9,12H2,1-5H3. The molecule has 114 valence electrons. The smallest absolute Gasteiger partial charge is 0.120 e. The van der Waals surface area contributed by atoms with E-state index in [9.17, 15) is 0 Å². The van der Waals surface area contributed by atoms with E-state index in [2.05, 4.69) is 58.1 Å². The van der Waals surface area contributed by atoms with Gasteiger partial charge in [0.25, 0.3) is 0 Å². The van der Waals surface area contributed by atoms with Crippen molar-refractivity contribution in [2.24, 2.45) is 5.92 Å². The highest BCUT2D eigenvalue weighted by atomic mass is 16.5. The molecule has 20 heavy (non-hydrogen) atoms. The summed E-state index contributed by atoms with van der Waals surface area (Å²) in [6, 6.07) is 8.96. The third-order valence-corrected chi connectivity index (χ3v) is 3.50. The molecule has 0 bridgehead atoms. The molecule has 0 aliphatic carbocycles. The number of hydrogen-bond acceptors (Lipinski definition) is 2. The summed E-state index contributed by atoms with van der Waals surface area (Å²) in [6.07, 6.45) is 3.97. The van der Waals surface area contributed by atoms with Crippen LogP contribution in [-0.4, -0.2) is 12.6 Å². The second-order valence-electron chi connectivity index (χ2n) is 5.98. The van der Waals surface area contributed by atoms with Gasteiger partial charge in [0, 0.05) is 6.04 Å². The molecule has 0 fully saturated rings. The maximum atomic E-state index is 5.81. The molecule has 2 atom stereocenters. The Morgan fingerprint density at radius 1 is 1.15 bits per heavy atom. The van der Waals surface area contributed by atoms with Gasteiger partial charge in [0.15, 0.2) is 0 Å². The molecule has 0 spiro atoms. The maximum absolute atomic E-state index is 5.81. The molecule has 0 aromatic heterocycles. The fourth-order valence-electron chi connectivity index (χ4n) is 2.67. The van der Waals surface area contributed by atoms with E-state index in [1.165, 1.54) is 24.8 Å². The number of hydrogen-bond donors (Lipinski definition) is 1. The van der Waals surface area contributed by atoms with Gasteiger partial charge >= 0.3 is 0 Å². The van der Waals surface area contributed by atoms with Crippen molar-refractivity contribution in [3.8, 4) is 5.75 Å². The van der Waals surface area contributed by atoms with Gasteiger partial charge in [-0.05, 0) is 50.4 Å². The van der Waals surface area contributed by atoms with Crippen LogP contribution in [0.25, 0.3) is 0 Å². The zero-order chi connectivity index (χ0) is 15.0. The molecule has 0 amide bonds. The molecule has 1 rings (SSSR count). The van der Waals surface area contributed by atoms with Gasteiger partial charge in [-0.25, -0.2) is 0 Å². The Kier molecular flexibility index (Phi) is 7.68. The van der Waals surface area contributed by atoms with Crippen molar-refractivity contribution in [3.05, 3.63) is 29.8 Å². The first-order valence-electron chi connectivity index (χ1n) is 8.06. The first kappa shape index (κ1) is 17.0. The van der Waals surface area contributed by atoms with E-state index in [-0.39, 0.29) is 6.10 Å². The Morgan fingerprint density at radius 3 is 2.50 bits per heavy atom.